The Kier molecular flexibility index (Phi) is 20.1. The molecule has 0 spiro atoms. The van der Waals surface area contributed by atoms with Gasteiger partial charge in [-0.25, -0.2) is 4.79 Å². The molecule has 18 N–H and O–H groups in total. The van der Waals surface area contributed by atoms with Crippen molar-refractivity contribution in [3.8, 4) is 0 Å². The van der Waals surface area contributed by atoms with E-state index in [2.05, 4.69) is 16.0 Å². The van der Waals surface area contributed by atoms with Gasteiger partial charge in [0, 0.05) is 27.2 Å². The molecule has 26 atom stereocenters. The second-order valence-electron chi connectivity index (χ2n) is 17.6. The fourth-order valence-corrected chi connectivity index (χ4v) is 8.88. The van der Waals surface area contributed by atoms with Crippen molar-refractivity contribution in [2.24, 2.45) is 0 Å². The van der Waals surface area contributed by atoms with E-state index < -0.39 is 215 Å². The zero-order chi connectivity index (χ0) is 52.3. The Labute approximate surface area is 397 Å². The summed E-state index contributed by atoms with van der Waals surface area (Å²) in [6, 6.07) is -5.24. The molecule has 0 radical (unpaired) electrons. The van der Waals surface area contributed by atoms with Crippen LogP contribution in [0.4, 0.5) is 0 Å². The number of aliphatic hydroxyl groups excluding tert-OH is 14. The van der Waals surface area contributed by atoms with Gasteiger partial charge in [0.15, 0.2) is 25.2 Å². The molecule has 0 bridgehead atoms. The highest BCUT2D eigenvalue weighted by Crippen LogP contribution is 2.40. The highest BCUT2D eigenvalue weighted by Gasteiger charge is 2.62. The van der Waals surface area contributed by atoms with Crippen molar-refractivity contribution in [1.82, 2.24) is 16.0 Å². The first-order valence-corrected chi connectivity index (χ1v) is 22.1. The molecular formula is C39H65N3O28. The lowest BCUT2D eigenvalue weighted by Crippen LogP contribution is -2.72. The smallest absolute Gasteiger partial charge is 0.364 e. The molecule has 3 amide bonds. The van der Waals surface area contributed by atoms with Crippen LogP contribution in [0.5, 0.6) is 0 Å². The Morgan fingerprint density at radius 1 is 0.586 bits per heavy atom. The molecule has 0 aromatic rings. The van der Waals surface area contributed by atoms with Crippen LogP contribution in [0, 0.1) is 0 Å². The van der Waals surface area contributed by atoms with Gasteiger partial charge in [-0.2, -0.15) is 0 Å². The molecule has 31 heteroatoms. The Morgan fingerprint density at radius 2 is 1.07 bits per heavy atom. The van der Waals surface area contributed by atoms with Crippen LogP contribution in [0.1, 0.15) is 34.1 Å². The van der Waals surface area contributed by atoms with Crippen LogP contribution in [0.3, 0.4) is 0 Å². The molecular weight excluding hydrogens is 958 g/mol. The maximum Gasteiger partial charge on any atom is 0.364 e. The largest absolute Gasteiger partial charge is 0.477 e. The number of carbonyl (C=O) groups excluding carboxylic acids is 3. The monoisotopic (exact) mass is 1020 g/mol. The molecule has 5 rings (SSSR count). The summed E-state index contributed by atoms with van der Waals surface area (Å²) in [6.45, 7) is -0.101. The fraction of sp³-hybridized carbons (Fsp3) is 0.897. The first-order chi connectivity index (χ1) is 32.8. The van der Waals surface area contributed by atoms with Gasteiger partial charge in [0.2, 0.25) is 17.7 Å². The molecule has 0 saturated carbocycles. The zero-order valence-corrected chi connectivity index (χ0v) is 38.0. The lowest BCUT2D eigenvalue weighted by Gasteiger charge is -2.53. The maximum atomic E-state index is 13.5. The van der Waals surface area contributed by atoms with Gasteiger partial charge in [0.05, 0.1) is 44.7 Å². The number of aliphatic hydroxyl groups is 14. The first kappa shape index (κ1) is 57.9. The van der Waals surface area contributed by atoms with E-state index >= 15 is 0 Å². The Morgan fingerprint density at radius 3 is 1.60 bits per heavy atom. The predicted molar refractivity (Wildman–Crippen MR) is 217 cm³/mol. The van der Waals surface area contributed by atoms with Gasteiger partial charge in [-0.3, -0.25) is 14.4 Å². The van der Waals surface area contributed by atoms with Crippen LogP contribution in [0.15, 0.2) is 0 Å². The molecule has 0 unspecified atom stereocenters. The highest BCUT2D eigenvalue weighted by atomic mass is 16.8. The van der Waals surface area contributed by atoms with Gasteiger partial charge in [0.25, 0.3) is 5.79 Å². The van der Waals surface area contributed by atoms with Crippen molar-refractivity contribution in [1.29, 1.82) is 0 Å². The van der Waals surface area contributed by atoms with E-state index in [1.807, 2.05) is 0 Å². The third-order valence-corrected chi connectivity index (χ3v) is 12.5. The Balaban J connectivity index is 1.63. The molecule has 70 heavy (non-hydrogen) atoms. The van der Waals surface area contributed by atoms with Gasteiger partial charge in [-0.15, -0.1) is 0 Å². The average molecular weight is 1020 g/mol. The number of nitrogens with one attached hydrogen (secondary N) is 3. The number of hydrogen-bond donors (Lipinski definition) is 18. The van der Waals surface area contributed by atoms with Crippen molar-refractivity contribution >= 4 is 23.7 Å². The summed E-state index contributed by atoms with van der Waals surface area (Å²) in [4.78, 5) is 50.7. The van der Waals surface area contributed by atoms with E-state index in [1.54, 1.807) is 0 Å². The van der Waals surface area contributed by atoms with Gasteiger partial charge in [-0.05, 0) is 6.92 Å². The van der Waals surface area contributed by atoms with Crippen LogP contribution in [-0.4, -0.2) is 286 Å². The molecule has 5 fully saturated rings. The van der Waals surface area contributed by atoms with E-state index in [-0.39, 0.29) is 0 Å². The number of aliphatic carboxylic acids is 1. The minimum Gasteiger partial charge on any atom is -0.477 e. The quantitative estimate of drug-likeness (QED) is 0.0606. The SMILES string of the molecule is CC(=O)N[C@@H]1[C@@H](O[C@@H]2O[C@H](CO)[C@H](O[C@@H]3O[C@H](CO)[C@H](O)[C@H](O[C@@H]4O[C@@H](C)[C@@H](O)[C@@H](O)[C@@H]4O)[C@H]3NC(C)=O)[C@H](O[C@]3(C(=O)O)C[C@H](O)[C@@H](NC(C)=O)[C@H]([C@H](O)[C@H](O)CO)O3)[C@H]2O)[C@@H](O)[C@@H](CO)O[C@@H]1O. The van der Waals surface area contributed by atoms with Crippen LogP contribution in [0.25, 0.3) is 0 Å². The number of hydrogen-bond acceptors (Lipinski definition) is 27. The standard InChI is InChI=1S/C39H65N3O28/c1-10-22(52)26(56)27(57)36(62-10)68-31-21(42-13(4)49)35(64-17(8-45)25(31)55)66-29-18(9-46)65-37(67-30-20(41-12(3)48)34(59)63-16(7-44)24(30)54)28(58)33(29)70-39(38(60)61)5-14(50)19(40-11(2)47)32(69-39)23(53)15(51)6-43/h10,14-37,43-46,50-59H,5-9H2,1-4H3,(H,40,47)(H,41,48)(H,42,49)(H,60,61)/t10-,14-,15+,16+,17+,18+,19+,20+,21+,22+,23+,24-,25-,26+,27-,28+,29-,30+,31+,32+,33+,34-,35-,36-,37-,39-/m0/s1. The first-order valence-electron chi connectivity index (χ1n) is 22.1. The topological polar surface area (TPSA) is 491 Å². The van der Waals surface area contributed by atoms with Crippen LogP contribution >= 0.6 is 0 Å². The zero-order valence-electron chi connectivity index (χ0n) is 38.0. The van der Waals surface area contributed by atoms with Gasteiger partial charge < -0.3 is 135 Å². The number of carboxylic acid groups (broad SMARTS) is 1. The summed E-state index contributed by atoms with van der Waals surface area (Å²) in [5.41, 5.74) is 0. The Hall–Kier alpha value is -3.04. The summed E-state index contributed by atoms with van der Waals surface area (Å²) in [6.07, 6.45) is -44.9. The molecule has 5 aliphatic rings. The summed E-state index contributed by atoms with van der Waals surface area (Å²) in [7, 11) is 0. The van der Waals surface area contributed by atoms with E-state index in [4.69, 9.17) is 42.6 Å². The predicted octanol–water partition coefficient (Wildman–Crippen LogP) is -11.3. The minimum atomic E-state index is -3.32. The van der Waals surface area contributed by atoms with Gasteiger partial charge in [-0.1, -0.05) is 0 Å². The minimum absolute atomic E-state index is 0.816. The fourth-order valence-electron chi connectivity index (χ4n) is 8.88. The molecule has 0 aromatic heterocycles. The van der Waals surface area contributed by atoms with Crippen LogP contribution < -0.4 is 16.0 Å². The van der Waals surface area contributed by atoms with Crippen molar-refractivity contribution in [2.45, 2.75) is 193 Å². The average Bonchev–Trinajstić information content (AvgIpc) is 3.30. The van der Waals surface area contributed by atoms with E-state index in [1.165, 1.54) is 6.92 Å². The number of carbonyl (C=O) groups is 4. The van der Waals surface area contributed by atoms with Gasteiger partial charge >= 0.3 is 5.97 Å². The number of carboxylic acids is 1. The molecule has 31 nitrogen and oxygen atoms in total. The van der Waals surface area contributed by atoms with Crippen molar-refractivity contribution in [3.05, 3.63) is 0 Å². The van der Waals surface area contributed by atoms with Gasteiger partial charge in [0.1, 0.15) is 110 Å². The molecule has 404 valence electrons. The third kappa shape index (κ3) is 12.5. The summed E-state index contributed by atoms with van der Waals surface area (Å²) in [5.74, 6) is -8.01. The third-order valence-electron chi connectivity index (χ3n) is 12.5. The van der Waals surface area contributed by atoms with Crippen molar-refractivity contribution in [3.63, 3.8) is 0 Å². The second kappa shape index (κ2) is 24.3. The van der Waals surface area contributed by atoms with E-state index in [0.29, 0.717) is 0 Å². The van der Waals surface area contributed by atoms with Crippen LogP contribution in [-0.2, 0) is 61.8 Å². The second-order valence-corrected chi connectivity index (χ2v) is 17.6. The molecule has 5 heterocycles. The van der Waals surface area contributed by atoms with Crippen molar-refractivity contribution < 1.29 is 138 Å². The molecule has 5 aliphatic heterocycles. The summed E-state index contributed by atoms with van der Waals surface area (Å²) in [5, 5.41) is 169. The lowest BCUT2D eigenvalue weighted by atomic mass is 9.88. The Bertz CT molecular complexity index is 1760. The molecule has 0 aromatic carbocycles. The molecule has 5 saturated heterocycles. The van der Waals surface area contributed by atoms with E-state index in [9.17, 15) is 95.8 Å². The molecule has 0 aliphatic carbocycles. The van der Waals surface area contributed by atoms with Crippen molar-refractivity contribution in [2.75, 3.05) is 26.4 Å². The number of ether oxygens (including phenoxy) is 9. The van der Waals surface area contributed by atoms with E-state index in [0.717, 1.165) is 20.8 Å². The normalized spacial score (nSPS) is 45.5. The number of amides is 3. The summed E-state index contributed by atoms with van der Waals surface area (Å²) >= 11 is 0. The highest BCUT2D eigenvalue weighted by molar-refractivity contribution is 5.77. The van der Waals surface area contributed by atoms with Crippen LogP contribution in [0.2, 0.25) is 0 Å². The number of rotatable bonds is 18. The lowest BCUT2D eigenvalue weighted by molar-refractivity contribution is -0.399. The maximum absolute atomic E-state index is 13.5. The summed E-state index contributed by atoms with van der Waals surface area (Å²) < 4.78 is 52.4.